The number of carbonyl (C=O) groups excluding carboxylic acids is 1. The van der Waals surface area contributed by atoms with E-state index in [0.717, 1.165) is 18.7 Å². The standard InChI is InChI=1S/C13H19N5O/c1-10(2)11-8-12(17-16-11)15-13(19)4-3-6-18-7-5-14-9-18/h5,7-10H,3-4,6H2,1-2H3,(H2,15,16,17,19). The lowest BCUT2D eigenvalue weighted by atomic mass is 10.1. The second-order valence-corrected chi connectivity index (χ2v) is 4.82. The predicted octanol–water partition coefficient (Wildman–Crippen LogP) is 2.15. The third-order valence-electron chi connectivity index (χ3n) is 2.87. The zero-order valence-electron chi connectivity index (χ0n) is 11.3. The number of aryl methyl sites for hydroxylation is 1. The number of aromatic nitrogens is 4. The lowest BCUT2D eigenvalue weighted by Crippen LogP contribution is -2.12. The normalized spacial score (nSPS) is 10.9. The van der Waals surface area contributed by atoms with Gasteiger partial charge in [0.25, 0.3) is 0 Å². The van der Waals surface area contributed by atoms with Crippen molar-refractivity contribution in [3.05, 3.63) is 30.5 Å². The molecule has 0 fully saturated rings. The molecule has 0 aliphatic carbocycles. The second-order valence-electron chi connectivity index (χ2n) is 4.82. The summed E-state index contributed by atoms with van der Waals surface area (Å²) in [5.74, 6) is 0.956. The van der Waals surface area contributed by atoms with Crippen LogP contribution >= 0.6 is 0 Å². The highest BCUT2D eigenvalue weighted by Gasteiger charge is 2.07. The fraction of sp³-hybridized carbons (Fsp3) is 0.462. The van der Waals surface area contributed by atoms with Gasteiger partial charge in [0.05, 0.1) is 6.33 Å². The van der Waals surface area contributed by atoms with Crippen molar-refractivity contribution >= 4 is 11.7 Å². The van der Waals surface area contributed by atoms with E-state index in [2.05, 4.69) is 34.3 Å². The van der Waals surface area contributed by atoms with Gasteiger partial charge in [-0.3, -0.25) is 9.89 Å². The summed E-state index contributed by atoms with van der Waals surface area (Å²) in [6.45, 7) is 4.94. The van der Waals surface area contributed by atoms with E-state index in [4.69, 9.17) is 0 Å². The number of anilines is 1. The summed E-state index contributed by atoms with van der Waals surface area (Å²) in [6.07, 6.45) is 6.63. The Balaban J connectivity index is 1.74. The first-order valence-electron chi connectivity index (χ1n) is 6.46. The average molecular weight is 261 g/mol. The first-order valence-corrected chi connectivity index (χ1v) is 6.46. The van der Waals surface area contributed by atoms with E-state index in [9.17, 15) is 4.79 Å². The van der Waals surface area contributed by atoms with Crippen molar-refractivity contribution in [2.75, 3.05) is 5.32 Å². The molecule has 0 atom stereocenters. The summed E-state index contributed by atoms with van der Waals surface area (Å²) in [5, 5.41) is 9.77. The number of imidazole rings is 1. The molecule has 0 saturated carbocycles. The van der Waals surface area contributed by atoms with Gasteiger partial charge in [-0.05, 0) is 12.3 Å². The minimum absolute atomic E-state index is 0.0121. The maximum atomic E-state index is 11.7. The van der Waals surface area contributed by atoms with Crippen molar-refractivity contribution in [3.63, 3.8) is 0 Å². The molecule has 0 aliphatic heterocycles. The van der Waals surface area contributed by atoms with Gasteiger partial charge in [-0.1, -0.05) is 13.8 Å². The molecule has 0 spiro atoms. The number of rotatable bonds is 6. The largest absolute Gasteiger partial charge is 0.337 e. The van der Waals surface area contributed by atoms with E-state index in [1.54, 1.807) is 12.5 Å². The lowest BCUT2D eigenvalue weighted by molar-refractivity contribution is -0.116. The Morgan fingerprint density at radius 3 is 3.00 bits per heavy atom. The molecule has 2 aromatic heterocycles. The van der Waals surface area contributed by atoms with Crippen molar-refractivity contribution in [1.29, 1.82) is 0 Å². The molecule has 2 rings (SSSR count). The van der Waals surface area contributed by atoms with Gasteiger partial charge in [0.2, 0.25) is 5.91 Å². The maximum absolute atomic E-state index is 11.7. The predicted molar refractivity (Wildman–Crippen MR) is 72.8 cm³/mol. The molecular formula is C13H19N5O. The van der Waals surface area contributed by atoms with Gasteiger partial charge < -0.3 is 9.88 Å². The van der Waals surface area contributed by atoms with Crippen molar-refractivity contribution < 1.29 is 4.79 Å². The van der Waals surface area contributed by atoms with Crippen molar-refractivity contribution in [2.24, 2.45) is 0 Å². The monoisotopic (exact) mass is 261 g/mol. The molecule has 0 radical (unpaired) electrons. The number of hydrogen-bond acceptors (Lipinski definition) is 3. The highest BCUT2D eigenvalue weighted by molar-refractivity contribution is 5.89. The van der Waals surface area contributed by atoms with Crippen LogP contribution in [0.2, 0.25) is 0 Å². The number of hydrogen-bond donors (Lipinski definition) is 2. The zero-order chi connectivity index (χ0) is 13.7. The first-order chi connectivity index (χ1) is 9.15. The summed E-state index contributed by atoms with van der Waals surface area (Å²) in [7, 11) is 0. The average Bonchev–Trinajstić information content (AvgIpc) is 3.00. The summed E-state index contributed by atoms with van der Waals surface area (Å²) in [4.78, 5) is 15.7. The van der Waals surface area contributed by atoms with E-state index in [0.29, 0.717) is 18.2 Å². The zero-order valence-corrected chi connectivity index (χ0v) is 11.3. The van der Waals surface area contributed by atoms with Gasteiger partial charge in [-0.25, -0.2) is 4.98 Å². The molecule has 6 nitrogen and oxygen atoms in total. The summed E-state index contributed by atoms with van der Waals surface area (Å²) < 4.78 is 1.96. The number of amides is 1. The van der Waals surface area contributed by atoms with Crippen LogP contribution in [0, 0.1) is 0 Å². The molecule has 0 saturated heterocycles. The van der Waals surface area contributed by atoms with Gasteiger partial charge in [0.15, 0.2) is 5.82 Å². The highest BCUT2D eigenvalue weighted by atomic mass is 16.1. The quantitative estimate of drug-likeness (QED) is 0.836. The Morgan fingerprint density at radius 1 is 1.53 bits per heavy atom. The van der Waals surface area contributed by atoms with Crippen LogP contribution in [0.15, 0.2) is 24.8 Å². The number of carbonyl (C=O) groups is 1. The van der Waals surface area contributed by atoms with E-state index >= 15 is 0 Å². The molecule has 0 aliphatic rings. The first kappa shape index (κ1) is 13.3. The number of H-pyrrole nitrogens is 1. The summed E-state index contributed by atoms with van der Waals surface area (Å²) in [5.41, 5.74) is 1.02. The van der Waals surface area contributed by atoms with Crippen LogP contribution in [0.4, 0.5) is 5.82 Å². The third-order valence-corrected chi connectivity index (χ3v) is 2.87. The molecule has 1 amide bonds. The van der Waals surface area contributed by atoms with Gasteiger partial charge in [0, 0.05) is 37.1 Å². The van der Waals surface area contributed by atoms with Crippen LogP contribution in [-0.2, 0) is 11.3 Å². The minimum atomic E-state index is -0.0121. The van der Waals surface area contributed by atoms with E-state index in [-0.39, 0.29) is 5.91 Å². The highest BCUT2D eigenvalue weighted by Crippen LogP contribution is 2.14. The molecule has 0 aromatic carbocycles. The van der Waals surface area contributed by atoms with Crippen molar-refractivity contribution in [3.8, 4) is 0 Å². The van der Waals surface area contributed by atoms with Crippen LogP contribution in [0.3, 0.4) is 0 Å². The third kappa shape index (κ3) is 3.94. The van der Waals surface area contributed by atoms with Gasteiger partial charge in [-0.15, -0.1) is 0 Å². The summed E-state index contributed by atoms with van der Waals surface area (Å²) in [6, 6.07) is 1.87. The maximum Gasteiger partial charge on any atom is 0.225 e. The Hall–Kier alpha value is -2.11. The second kappa shape index (κ2) is 6.17. The number of nitrogens with one attached hydrogen (secondary N) is 2. The van der Waals surface area contributed by atoms with E-state index in [1.807, 2.05) is 16.8 Å². The number of aromatic amines is 1. The molecule has 0 unspecified atom stereocenters. The van der Waals surface area contributed by atoms with Crippen LogP contribution < -0.4 is 5.32 Å². The SMILES string of the molecule is CC(C)c1cc(NC(=O)CCCn2ccnc2)n[nH]1. The molecule has 2 N–H and O–H groups in total. The molecule has 2 aromatic rings. The van der Waals surface area contributed by atoms with Gasteiger partial charge in [-0.2, -0.15) is 5.10 Å². The molecule has 2 heterocycles. The number of nitrogens with zero attached hydrogens (tertiary/aromatic N) is 3. The van der Waals surface area contributed by atoms with Crippen LogP contribution in [0.1, 0.15) is 38.3 Å². The molecule has 0 bridgehead atoms. The minimum Gasteiger partial charge on any atom is -0.337 e. The molecule has 102 valence electrons. The summed E-state index contributed by atoms with van der Waals surface area (Å²) >= 11 is 0. The van der Waals surface area contributed by atoms with Crippen LogP contribution in [-0.4, -0.2) is 25.7 Å². The van der Waals surface area contributed by atoms with Crippen molar-refractivity contribution in [1.82, 2.24) is 19.7 Å². The Labute approximate surface area is 112 Å². The Morgan fingerprint density at radius 2 is 2.37 bits per heavy atom. The van der Waals surface area contributed by atoms with E-state index < -0.39 is 0 Å². The van der Waals surface area contributed by atoms with Crippen molar-refractivity contribution in [2.45, 2.75) is 39.2 Å². The Bertz CT molecular complexity index is 515. The topological polar surface area (TPSA) is 75.6 Å². The molecular weight excluding hydrogens is 242 g/mol. The Kier molecular flexibility index (Phi) is 4.33. The fourth-order valence-electron chi connectivity index (χ4n) is 1.74. The molecule has 6 heteroatoms. The van der Waals surface area contributed by atoms with E-state index in [1.165, 1.54) is 0 Å². The van der Waals surface area contributed by atoms with Gasteiger partial charge >= 0.3 is 0 Å². The van der Waals surface area contributed by atoms with Crippen LogP contribution in [0.5, 0.6) is 0 Å². The van der Waals surface area contributed by atoms with Crippen LogP contribution in [0.25, 0.3) is 0 Å². The fourth-order valence-corrected chi connectivity index (χ4v) is 1.74. The van der Waals surface area contributed by atoms with Gasteiger partial charge in [0.1, 0.15) is 0 Å². The molecule has 19 heavy (non-hydrogen) atoms. The lowest BCUT2D eigenvalue weighted by Gasteiger charge is -2.02. The smallest absolute Gasteiger partial charge is 0.225 e.